The van der Waals surface area contributed by atoms with Crippen molar-refractivity contribution in [1.82, 2.24) is 10.6 Å². The molecule has 98 valence electrons. The largest absolute Gasteiger partial charge is 0.396 e. The maximum atomic E-state index is 11.8. The molecule has 1 rings (SSSR count). The van der Waals surface area contributed by atoms with Crippen LogP contribution in [0.3, 0.4) is 0 Å². The molecule has 18 heavy (non-hydrogen) atoms. The number of carbonyl (C=O) groups is 2. The molecule has 0 atom stereocenters. The van der Waals surface area contributed by atoms with E-state index in [9.17, 15) is 9.59 Å². The maximum Gasteiger partial charge on any atom is 0.252 e. The quantitative estimate of drug-likeness (QED) is 0.510. The fourth-order valence-corrected chi connectivity index (χ4v) is 1.90. The van der Waals surface area contributed by atoms with Crippen LogP contribution in [-0.4, -0.2) is 36.6 Å². The molecule has 0 aromatic heterocycles. The molecule has 0 heterocycles. The Bertz CT molecular complexity index is 424. The van der Waals surface area contributed by atoms with Crippen LogP contribution >= 0.6 is 22.6 Å². The topological polar surface area (TPSA) is 78.4 Å². The van der Waals surface area contributed by atoms with Crippen LogP contribution in [-0.2, 0) is 4.79 Å². The van der Waals surface area contributed by atoms with E-state index >= 15 is 0 Å². The van der Waals surface area contributed by atoms with Gasteiger partial charge >= 0.3 is 0 Å². The molecule has 0 saturated heterocycles. The number of hydrogen-bond donors (Lipinski definition) is 3. The fourth-order valence-electron chi connectivity index (χ4n) is 1.27. The van der Waals surface area contributed by atoms with Gasteiger partial charge in [0, 0.05) is 16.7 Å². The highest BCUT2D eigenvalue weighted by Crippen LogP contribution is 2.10. The van der Waals surface area contributed by atoms with Gasteiger partial charge < -0.3 is 15.7 Å². The molecule has 0 spiro atoms. The molecule has 0 saturated carbocycles. The van der Waals surface area contributed by atoms with E-state index in [0.29, 0.717) is 18.5 Å². The number of aliphatic hydroxyl groups is 1. The van der Waals surface area contributed by atoms with Crippen molar-refractivity contribution in [3.63, 3.8) is 0 Å². The Hall–Kier alpha value is -1.15. The van der Waals surface area contributed by atoms with Crippen LogP contribution in [0.25, 0.3) is 0 Å². The standard InChI is InChI=1S/C12H15IN2O3/c13-10-5-2-1-4-9(10)12(18)15-8-11(17)14-6-3-7-16/h1-2,4-5,16H,3,6-8H2,(H,14,17)(H,15,18). The molecule has 0 aliphatic rings. The molecule has 0 aliphatic carbocycles. The number of halogens is 1. The number of nitrogens with one attached hydrogen (secondary N) is 2. The van der Waals surface area contributed by atoms with Gasteiger partial charge in [-0.25, -0.2) is 0 Å². The van der Waals surface area contributed by atoms with E-state index < -0.39 is 0 Å². The van der Waals surface area contributed by atoms with Gasteiger partial charge in [-0.2, -0.15) is 0 Å². The zero-order chi connectivity index (χ0) is 13.4. The van der Waals surface area contributed by atoms with E-state index in [4.69, 9.17) is 5.11 Å². The molecule has 0 radical (unpaired) electrons. The summed E-state index contributed by atoms with van der Waals surface area (Å²) in [5, 5.41) is 13.7. The first-order valence-corrected chi connectivity index (χ1v) is 6.63. The first kappa shape index (κ1) is 14.9. The molecule has 3 N–H and O–H groups in total. The van der Waals surface area contributed by atoms with Crippen molar-refractivity contribution in [2.75, 3.05) is 19.7 Å². The van der Waals surface area contributed by atoms with E-state index in [2.05, 4.69) is 33.2 Å². The Balaban J connectivity index is 2.38. The summed E-state index contributed by atoms with van der Waals surface area (Å²) in [6, 6.07) is 7.16. The Morgan fingerprint density at radius 1 is 1.22 bits per heavy atom. The summed E-state index contributed by atoms with van der Waals surface area (Å²) in [6.07, 6.45) is 0.510. The van der Waals surface area contributed by atoms with Crippen molar-refractivity contribution in [1.29, 1.82) is 0 Å². The number of aliphatic hydroxyl groups excluding tert-OH is 1. The summed E-state index contributed by atoms with van der Waals surface area (Å²) >= 11 is 2.07. The summed E-state index contributed by atoms with van der Waals surface area (Å²) in [5.41, 5.74) is 0.557. The summed E-state index contributed by atoms with van der Waals surface area (Å²) in [6.45, 7) is 0.387. The first-order valence-electron chi connectivity index (χ1n) is 5.55. The van der Waals surface area contributed by atoms with Gasteiger partial charge in [0.1, 0.15) is 0 Å². The van der Waals surface area contributed by atoms with Crippen LogP contribution in [0.4, 0.5) is 0 Å². The third kappa shape index (κ3) is 5.01. The van der Waals surface area contributed by atoms with E-state index in [1.54, 1.807) is 12.1 Å². The normalized spacial score (nSPS) is 9.89. The summed E-state index contributed by atoms with van der Waals surface area (Å²) in [5.74, 6) is -0.528. The molecule has 6 heteroatoms. The molecule has 1 aromatic carbocycles. The van der Waals surface area contributed by atoms with Gasteiger partial charge in [-0.15, -0.1) is 0 Å². The minimum Gasteiger partial charge on any atom is -0.396 e. The minimum absolute atomic E-state index is 0.0366. The SMILES string of the molecule is O=C(CNC(=O)c1ccccc1I)NCCCO. The van der Waals surface area contributed by atoms with Gasteiger partial charge in [0.2, 0.25) is 5.91 Å². The third-order valence-corrected chi connectivity index (χ3v) is 3.13. The van der Waals surface area contributed by atoms with E-state index in [-0.39, 0.29) is 25.0 Å². The maximum absolute atomic E-state index is 11.8. The highest BCUT2D eigenvalue weighted by atomic mass is 127. The summed E-state index contributed by atoms with van der Waals surface area (Å²) in [4.78, 5) is 23.1. The average Bonchev–Trinajstić information content (AvgIpc) is 2.37. The number of amides is 2. The Morgan fingerprint density at radius 2 is 1.94 bits per heavy atom. The van der Waals surface area contributed by atoms with Gasteiger partial charge in [-0.1, -0.05) is 12.1 Å². The molecule has 5 nitrogen and oxygen atoms in total. The molecule has 0 bridgehead atoms. The second-order valence-electron chi connectivity index (χ2n) is 3.59. The van der Waals surface area contributed by atoms with Crippen molar-refractivity contribution >= 4 is 34.4 Å². The lowest BCUT2D eigenvalue weighted by Gasteiger charge is -2.07. The molecule has 1 aromatic rings. The molecule has 0 aliphatic heterocycles. The number of benzene rings is 1. The number of carbonyl (C=O) groups excluding carboxylic acids is 2. The zero-order valence-electron chi connectivity index (χ0n) is 9.78. The average molecular weight is 362 g/mol. The van der Waals surface area contributed by atoms with E-state index in [1.807, 2.05) is 12.1 Å². The highest BCUT2D eigenvalue weighted by molar-refractivity contribution is 14.1. The van der Waals surface area contributed by atoms with Crippen LogP contribution in [0.15, 0.2) is 24.3 Å². The van der Waals surface area contributed by atoms with Gasteiger partial charge in [0.15, 0.2) is 0 Å². The molecule has 2 amide bonds. The van der Waals surface area contributed by atoms with Crippen LogP contribution in [0.2, 0.25) is 0 Å². The Morgan fingerprint density at radius 3 is 2.61 bits per heavy atom. The lowest BCUT2D eigenvalue weighted by molar-refractivity contribution is -0.120. The smallest absolute Gasteiger partial charge is 0.252 e. The Kier molecular flexibility index (Phi) is 6.66. The third-order valence-electron chi connectivity index (χ3n) is 2.19. The van der Waals surface area contributed by atoms with Crippen molar-refractivity contribution in [2.24, 2.45) is 0 Å². The van der Waals surface area contributed by atoms with Gasteiger partial charge in [-0.05, 0) is 41.1 Å². The second kappa shape index (κ2) is 8.04. The predicted octanol–water partition coefficient (Wildman–Crippen LogP) is 0.520. The van der Waals surface area contributed by atoms with Crippen molar-refractivity contribution < 1.29 is 14.7 Å². The summed E-state index contributed by atoms with van der Waals surface area (Å²) in [7, 11) is 0. The van der Waals surface area contributed by atoms with Gasteiger partial charge in [0.05, 0.1) is 12.1 Å². The fraction of sp³-hybridized carbons (Fsp3) is 0.333. The predicted molar refractivity (Wildman–Crippen MR) is 76.2 cm³/mol. The highest BCUT2D eigenvalue weighted by Gasteiger charge is 2.10. The van der Waals surface area contributed by atoms with Gasteiger partial charge in [-0.3, -0.25) is 9.59 Å². The molecular weight excluding hydrogens is 347 g/mol. The lowest BCUT2D eigenvalue weighted by atomic mass is 10.2. The van der Waals surface area contributed by atoms with Crippen molar-refractivity contribution in [2.45, 2.75) is 6.42 Å². The first-order chi connectivity index (χ1) is 8.65. The molecular formula is C12H15IN2O3. The van der Waals surface area contributed by atoms with Crippen LogP contribution < -0.4 is 10.6 Å². The number of rotatable bonds is 6. The molecule has 0 fully saturated rings. The number of hydrogen-bond acceptors (Lipinski definition) is 3. The second-order valence-corrected chi connectivity index (χ2v) is 4.75. The van der Waals surface area contributed by atoms with E-state index in [0.717, 1.165) is 3.57 Å². The van der Waals surface area contributed by atoms with Crippen molar-refractivity contribution in [3.8, 4) is 0 Å². The van der Waals surface area contributed by atoms with Crippen molar-refractivity contribution in [3.05, 3.63) is 33.4 Å². The van der Waals surface area contributed by atoms with E-state index in [1.165, 1.54) is 0 Å². The monoisotopic (exact) mass is 362 g/mol. The zero-order valence-corrected chi connectivity index (χ0v) is 11.9. The summed E-state index contributed by atoms with van der Waals surface area (Å²) < 4.78 is 0.841. The Labute approximate surface area is 119 Å². The lowest BCUT2D eigenvalue weighted by Crippen LogP contribution is -2.37. The van der Waals surface area contributed by atoms with Gasteiger partial charge in [0.25, 0.3) is 5.91 Å². The van der Waals surface area contributed by atoms with Crippen LogP contribution in [0, 0.1) is 3.57 Å². The van der Waals surface area contributed by atoms with Crippen LogP contribution in [0.5, 0.6) is 0 Å². The minimum atomic E-state index is -0.266. The van der Waals surface area contributed by atoms with Crippen LogP contribution in [0.1, 0.15) is 16.8 Å². The molecule has 0 unspecified atom stereocenters.